The molecule has 3 aromatic rings. The summed E-state index contributed by atoms with van der Waals surface area (Å²) in [5, 5.41) is 1.34. The van der Waals surface area contributed by atoms with E-state index in [0.29, 0.717) is 36.7 Å². The Hall–Kier alpha value is -1.67. The lowest BCUT2D eigenvalue weighted by Gasteiger charge is -2.19. The lowest BCUT2D eigenvalue weighted by Crippen LogP contribution is -2.27. The normalized spacial score (nSPS) is 11.4. The number of hydrogen-bond acceptors (Lipinski definition) is 5. The molecule has 0 unspecified atom stereocenters. The van der Waals surface area contributed by atoms with Gasteiger partial charge < -0.3 is 9.47 Å². The molecule has 0 aliphatic carbocycles. The maximum atomic E-state index is 13.2. The second-order valence-electron chi connectivity index (χ2n) is 6.42. The average Bonchev–Trinajstić information content (AvgIpc) is 2.72. The van der Waals surface area contributed by atoms with E-state index in [1.165, 1.54) is 5.56 Å². The van der Waals surface area contributed by atoms with E-state index in [2.05, 4.69) is 28.1 Å². The predicted octanol–water partition coefficient (Wildman–Crippen LogP) is 5.24. The van der Waals surface area contributed by atoms with Gasteiger partial charge in [0.15, 0.2) is 11.4 Å². The molecule has 0 bridgehead atoms. The number of fused-ring (bicyclic) bond motifs is 1. The molecule has 7 heteroatoms. The molecule has 0 amide bonds. The first-order valence-corrected chi connectivity index (χ1v) is 11.5. The number of hydrogen-bond donors (Lipinski definition) is 0. The Morgan fingerprint density at radius 3 is 2.59 bits per heavy atom. The third-order valence-corrected chi connectivity index (χ3v) is 5.92. The molecule has 5 nitrogen and oxygen atoms in total. The summed E-state index contributed by atoms with van der Waals surface area (Å²) in [6.07, 6.45) is 0.262. The summed E-state index contributed by atoms with van der Waals surface area (Å²) >= 11 is 5.07. The summed E-state index contributed by atoms with van der Waals surface area (Å²) in [6.45, 7) is 5.51. The smallest absolute Gasteiger partial charge is 0.262 e. The molecule has 0 saturated carbocycles. The minimum absolute atomic E-state index is 0.0286. The number of thioether (sulfide) groups is 1. The molecule has 29 heavy (non-hydrogen) atoms. The van der Waals surface area contributed by atoms with Crippen LogP contribution in [0.3, 0.4) is 0 Å². The molecule has 0 fully saturated rings. The van der Waals surface area contributed by atoms with Crippen LogP contribution in [-0.2, 0) is 21.8 Å². The van der Waals surface area contributed by atoms with E-state index < -0.39 is 0 Å². The lowest BCUT2D eigenvalue weighted by molar-refractivity contribution is -0.141. The highest BCUT2D eigenvalue weighted by Gasteiger charge is 2.15. The van der Waals surface area contributed by atoms with Gasteiger partial charge in [0.2, 0.25) is 0 Å². The van der Waals surface area contributed by atoms with Gasteiger partial charge in [-0.3, -0.25) is 9.36 Å². The number of aromatic nitrogens is 2. The van der Waals surface area contributed by atoms with E-state index in [4.69, 9.17) is 14.5 Å². The largest absolute Gasteiger partial charge is 0.353 e. The van der Waals surface area contributed by atoms with Gasteiger partial charge in [0.25, 0.3) is 5.56 Å². The molecule has 2 aromatic carbocycles. The van der Waals surface area contributed by atoms with Gasteiger partial charge in [-0.15, -0.1) is 0 Å². The van der Waals surface area contributed by atoms with Crippen molar-refractivity contribution in [2.24, 2.45) is 0 Å². The first-order chi connectivity index (χ1) is 14.1. The van der Waals surface area contributed by atoms with Crippen molar-refractivity contribution in [3.63, 3.8) is 0 Å². The van der Waals surface area contributed by atoms with Crippen LogP contribution >= 0.6 is 27.7 Å². The molecule has 154 valence electrons. The minimum Gasteiger partial charge on any atom is -0.353 e. The Morgan fingerprint density at radius 1 is 1.10 bits per heavy atom. The van der Waals surface area contributed by atoms with E-state index in [-0.39, 0.29) is 11.8 Å². The quantitative estimate of drug-likeness (QED) is 0.227. The average molecular weight is 477 g/mol. The van der Waals surface area contributed by atoms with Gasteiger partial charge in [-0.2, -0.15) is 0 Å². The highest BCUT2D eigenvalue weighted by Crippen LogP contribution is 2.24. The fourth-order valence-electron chi connectivity index (χ4n) is 3.05. The second-order valence-corrected chi connectivity index (χ2v) is 8.27. The van der Waals surface area contributed by atoms with Crippen molar-refractivity contribution < 1.29 is 9.47 Å². The summed E-state index contributed by atoms with van der Waals surface area (Å²) < 4.78 is 14.1. The highest BCUT2D eigenvalue weighted by molar-refractivity contribution is 9.10. The van der Waals surface area contributed by atoms with Crippen molar-refractivity contribution in [3.8, 4) is 0 Å². The molecule has 0 atom stereocenters. The summed E-state index contributed by atoms with van der Waals surface area (Å²) in [5.74, 6) is 0.727. The Balaban J connectivity index is 1.89. The van der Waals surface area contributed by atoms with Crippen LogP contribution in [-0.4, -0.2) is 29.1 Å². The molecule has 0 N–H and O–H groups in total. The van der Waals surface area contributed by atoms with E-state index in [9.17, 15) is 4.79 Å². The summed E-state index contributed by atoms with van der Waals surface area (Å²) in [5.41, 5.74) is 1.86. The van der Waals surface area contributed by atoms with Crippen LogP contribution in [0.15, 0.2) is 63.0 Å². The Kier molecular flexibility index (Phi) is 8.29. The van der Waals surface area contributed by atoms with Crippen molar-refractivity contribution in [2.45, 2.75) is 44.0 Å². The van der Waals surface area contributed by atoms with Gasteiger partial charge >= 0.3 is 0 Å². The zero-order valence-corrected chi connectivity index (χ0v) is 19.0. The first kappa shape index (κ1) is 22.0. The Bertz CT molecular complexity index is 1000. The lowest BCUT2D eigenvalue weighted by atomic mass is 10.2. The van der Waals surface area contributed by atoms with Crippen molar-refractivity contribution in [1.82, 2.24) is 9.55 Å². The third-order valence-electron chi connectivity index (χ3n) is 4.38. The second kappa shape index (κ2) is 10.9. The molecular weight excluding hydrogens is 452 g/mol. The Labute approximate surface area is 183 Å². The van der Waals surface area contributed by atoms with Crippen LogP contribution in [0.25, 0.3) is 10.9 Å². The maximum Gasteiger partial charge on any atom is 0.262 e. The van der Waals surface area contributed by atoms with E-state index >= 15 is 0 Å². The van der Waals surface area contributed by atoms with Crippen LogP contribution in [0.5, 0.6) is 0 Å². The van der Waals surface area contributed by atoms with Crippen molar-refractivity contribution in [2.75, 3.05) is 13.2 Å². The molecule has 0 aliphatic heterocycles. The number of para-hydroxylation sites is 1. The van der Waals surface area contributed by atoms with E-state index in [1.54, 1.807) is 16.3 Å². The fraction of sp³-hybridized carbons (Fsp3) is 0.364. The zero-order valence-electron chi connectivity index (χ0n) is 16.6. The molecule has 3 rings (SSSR count). The SMILES string of the molecule is CCOC(CCn1c(SCc2cccc(Br)c2)nc2ccccc2c1=O)OCC. The third kappa shape index (κ3) is 5.92. The van der Waals surface area contributed by atoms with Gasteiger partial charge in [-0.1, -0.05) is 52.0 Å². The van der Waals surface area contributed by atoms with Crippen molar-refractivity contribution in [1.29, 1.82) is 0 Å². The maximum absolute atomic E-state index is 13.2. The van der Waals surface area contributed by atoms with Crippen LogP contribution in [0, 0.1) is 0 Å². The van der Waals surface area contributed by atoms with Crippen molar-refractivity contribution >= 4 is 38.6 Å². The number of ether oxygens (including phenoxy) is 2. The standard InChI is InChI=1S/C22H25BrN2O3S/c1-3-27-20(28-4-2)12-13-25-21(26)18-10-5-6-11-19(18)24-22(25)29-15-16-8-7-9-17(23)14-16/h5-11,14,20H,3-4,12-13,15H2,1-2H3. The van der Waals surface area contributed by atoms with Crippen LogP contribution in [0.4, 0.5) is 0 Å². The van der Waals surface area contributed by atoms with Crippen LogP contribution in [0.2, 0.25) is 0 Å². The number of benzene rings is 2. The predicted molar refractivity (Wildman–Crippen MR) is 121 cm³/mol. The number of halogens is 1. The van der Waals surface area contributed by atoms with Gasteiger partial charge in [0, 0.05) is 36.4 Å². The van der Waals surface area contributed by atoms with Gasteiger partial charge in [0.05, 0.1) is 10.9 Å². The monoisotopic (exact) mass is 476 g/mol. The molecule has 1 heterocycles. The van der Waals surface area contributed by atoms with Gasteiger partial charge in [-0.25, -0.2) is 4.98 Å². The molecule has 0 radical (unpaired) electrons. The highest BCUT2D eigenvalue weighted by atomic mass is 79.9. The number of rotatable bonds is 10. The van der Waals surface area contributed by atoms with Crippen molar-refractivity contribution in [3.05, 3.63) is 68.9 Å². The van der Waals surface area contributed by atoms with E-state index in [0.717, 1.165) is 15.7 Å². The summed E-state index contributed by atoms with van der Waals surface area (Å²) in [4.78, 5) is 17.9. The van der Waals surface area contributed by atoms with Crippen LogP contribution < -0.4 is 5.56 Å². The molecule has 0 saturated heterocycles. The molecular formula is C22H25BrN2O3S. The summed E-state index contributed by atoms with van der Waals surface area (Å²) in [7, 11) is 0. The number of nitrogens with zero attached hydrogens (tertiary/aromatic N) is 2. The first-order valence-electron chi connectivity index (χ1n) is 9.72. The van der Waals surface area contributed by atoms with Crippen LogP contribution in [0.1, 0.15) is 25.8 Å². The summed E-state index contributed by atoms with van der Waals surface area (Å²) in [6, 6.07) is 15.6. The minimum atomic E-state index is -0.328. The van der Waals surface area contributed by atoms with Gasteiger partial charge in [0.1, 0.15) is 0 Å². The Morgan fingerprint density at radius 2 is 1.86 bits per heavy atom. The fourth-order valence-corrected chi connectivity index (χ4v) is 4.47. The molecule has 1 aromatic heterocycles. The zero-order chi connectivity index (χ0) is 20.6. The topological polar surface area (TPSA) is 53.4 Å². The van der Waals surface area contributed by atoms with E-state index in [1.807, 2.05) is 50.2 Å². The van der Waals surface area contributed by atoms with Gasteiger partial charge in [-0.05, 0) is 43.7 Å². The molecule has 0 aliphatic rings. The molecule has 0 spiro atoms.